The first-order chi connectivity index (χ1) is 15.3. The summed E-state index contributed by atoms with van der Waals surface area (Å²) in [6.07, 6.45) is 1.58. The second-order valence-corrected chi connectivity index (χ2v) is 8.55. The highest BCUT2D eigenvalue weighted by atomic mass is 32.1. The molecule has 0 aliphatic carbocycles. The number of hydrogen-bond donors (Lipinski definition) is 1. The van der Waals surface area contributed by atoms with Gasteiger partial charge in [-0.05, 0) is 70.0 Å². The minimum atomic E-state index is -0.566. The van der Waals surface area contributed by atoms with E-state index < -0.39 is 11.9 Å². The Morgan fingerprint density at radius 2 is 1.88 bits per heavy atom. The zero-order valence-electron chi connectivity index (χ0n) is 18.8. The van der Waals surface area contributed by atoms with Crippen LogP contribution in [0.4, 0.5) is 5.00 Å². The summed E-state index contributed by atoms with van der Waals surface area (Å²) in [5, 5.41) is 12.8. The number of hydrogen-bond acceptors (Lipinski definition) is 5. The van der Waals surface area contributed by atoms with E-state index in [1.165, 1.54) is 11.3 Å². The summed E-state index contributed by atoms with van der Waals surface area (Å²) in [4.78, 5) is 26.2. The molecule has 3 rings (SSSR count). The van der Waals surface area contributed by atoms with Gasteiger partial charge in [-0.1, -0.05) is 18.2 Å². The average Bonchev–Trinajstić information content (AvgIpc) is 3.20. The zero-order chi connectivity index (χ0) is 23.4. The first kappa shape index (κ1) is 23.0. The van der Waals surface area contributed by atoms with Crippen LogP contribution in [0.3, 0.4) is 0 Å². The van der Waals surface area contributed by atoms with Crippen LogP contribution < -0.4 is 5.32 Å². The third kappa shape index (κ3) is 4.51. The monoisotopic (exact) mass is 447 g/mol. The Morgan fingerprint density at radius 1 is 1.19 bits per heavy atom. The van der Waals surface area contributed by atoms with Gasteiger partial charge in [-0.3, -0.25) is 4.79 Å². The molecule has 3 aromatic rings. The molecule has 1 N–H and O–H groups in total. The van der Waals surface area contributed by atoms with Crippen molar-refractivity contribution in [2.75, 3.05) is 11.9 Å². The Balaban J connectivity index is 1.94. The highest BCUT2D eigenvalue weighted by molar-refractivity contribution is 7.16. The molecule has 0 bridgehead atoms. The van der Waals surface area contributed by atoms with Crippen LogP contribution in [-0.4, -0.2) is 23.1 Å². The predicted octanol–water partition coefficient (Wildman–Crippen LogP) is 5.49. The molecule has 1 amide bonds. The Labute approximate surface area is 191 Å². The SMILES string of the molecule is CCOC(=O)c1c(NC(=O)/C(C#N)=C/c2cc(C)n(-c3ccccc3)c2C)sc(C)c1C. The van der Waals surface area contributed by atoms with E-state index >= 15 is 0 Å². The Bertz CT molecular complexity index is 1240. The number of ether oxygens (including phenoxy) is 1. The molecule has 7 heteroatoms. The van der Waals surface area contributed by atoms with Gasteiger partial charge in [0.2, 0.25) is 0 Å². The normalized spacial score (nSPS) is 11.2. The second kappa shape index (κ2) is 9.67. The molecule has 0 saturated carbocycles. The number of carbonyl (C=O) groups is 2. The van der Waals surface area contributed by atoms with E-state index in [2.05, 4.69) is 9.88 Å². The minimum Gasteiger partial charge on any atom is -0.462 e. The van der Waals surface area contributed by atoms with Crippen molar-refractivity contribution in [1.29, 1.82) is 5.26 Å². The molecule has 0 fully saturated rings. The van der Waals surface area contributed by atoms with Crippen molar-refractivity contribution >= 4 is 34.3 Å². The van der Waals surface area contributed by atoms with E-state index in [4.69, 9.17) is 4.74 Å². The highest BCUT2D eigenvalue weighted by Gasteiger charge is 2.23. The van der Waals surface area contributed by atoms with E-state index in [1.807, 2.05) is 70.2 Å². The fourth-order valence-corrected chi connectivity index (χ4v) is 4.59. The van der Waals surface area contributed by atoms with Crippen LogP contribution >= 0.6 is 11.3 Å². The van der Waals surface area contributed by atoms with Crippen LogP contribution in [0.1, 0.15) is 44.7 Å². The van der Waals surface area contributed by atoms with Crippen LogP contribution in [0.5, 0.6) is 0 Å². The predicted molar refractivity (Wildman–Crippen MR) is 127 cm³/mol. The van der Waals surface area contributed by atoms with Crippen molar-refractivity contribution in [3.63, 3.8) is 0 Å². The fraction of sp³-hybridized carbons (Fsp3) is 0.240. The molecule has 0 saturated heterocycles. The van der Waals surface area contributed by atoms with Gasteiger partial charge in [0.25, 0.3) is 5.91 Å². The molecule has 6 nitrogen and oxygen atoms in total. The van der Waals surface area contributed by atoms with Gasteiger partial charge in [-0.15, -0.1) is 11.3 Å². The largest absolute Gasteiger partial charge is 0.462 e. The van der Waals surface area contributed by atoms with Crippen LogP contribution in [0.25, 0.3) is 11.8 Å². The van der Waals surface area contributed by atoms with Crippen molar-refractivity contribution < 1.29 is 14.3 Å². The lowest BCUT2D eigenvalue weighted by molar-refractivity contribution is -0.112. The molecule has 0 radical (unpaired) electrons. The second-order valence-electron chi connectivity index (χ2n) is 7.33. The maximum absolute atomic E-state index is 12.9. The highest BCUT2D eigenvalue weighted by Crippen LogP contribution is 2.33. The summed E-state index contributed by atoms with van der Waals surface area (Å²) >= 11 is 1.29. The lowest BCUT2D eigenvalue weighted by atomic mass is 10.1. The number of anilines is 1. The Morgan fingerprint density at radius 3 is 2.50 bits per heavy atom. The van der Waals surface area contributed by atoms with Crippen molar-refractivity contribution in [3.8, 4) is 11.8 Å². The van der Waals surface area contributed by atoms with E-state index in [0.717, 1.165) is 33.1 Å². The van der Waals surface area contributed by atoms with Gasteiger partial charge >= 0.3 is 5.97 Å². The molecular formula is C25H25N3O3S. The maximum Gasteiger partial charge on any atom is 0.341 e. The van der Waals surface area contributed by atoms with E-state index in [0.29, 0.717) is 10.6 Å². The number of aromatic nitrogens is 1. The number of rotatable bonds is 6. The smallest absolute Gasteiger partial charge is 0.341 e. The number of amides is 1. The van der Waals surface area contributed by atoms with Gasteiger partial charge in [-0.2, -0.15) is 5.26 Å². The number of benzene rings is 1. The lowest BCUT2D eigenvalue weighted by Gasteiger charge is -2.09. The zero-order valence-corrected chi connectivity index (χ0v) is 19.6. The molecular weight excluding hydrogens is 422 g/mol. The number of aryl methyl sites for hydroxylation is 2. The summed E-state index contributed by atoms with van der Waals surface area (Å²) in [5.41, 5.74) is 4.75. The van der Waals surface area contributed by atoms with E-state index in [9.17, 15) is 14.9 Å². The number of nitriles is 1. The molecule has 0 spiro atoms. The first-order valence-electron chi connectivity index (χ1n) is 10.2. The Kier molecular flexibility index (Phi) is 6.96. The Hall–Kier alpha value is -3.63. The minimum absolute atomic E-state index is 0.0446. The molecule has 0 atom stereocenters. The van der Waals surface area contributed by atoms with Gasteiger partial charge in [0.1, 0.15) is 16.6 Å². The molecule has 2 heterocycles. The summed E-state index contributed by atoms with van der Waals surface area (Å²) in [6, 6.07) is 13.8. The standard InChI is InChI=1S/C25H25N3O3S/c1-6-31-25(30)22-16(3)18(5)32-24(22)27-23(29)20(14-26)13-19-12-15(2)28(17(19)4)21-10-8-7-9-11-21/h7-13H,6H2,1-5H3,(H,27,29)/b20-13+. The quantitative estimate of drug-likeness (QED) is 0.307. The van der Waals surface area contributed by atoms with Crippen LogP contribution in [0.2, 0.25) is 0 Å². The summed E-state index contributed by atoms with van der Waals surface area (Å²) in [5.74, 6) is -1.05. The molecule has 0 aliphatic heterocycles. The van der Waals surface area contributed by atoms with Gasteiger partial charge in [0, 0.05) is 22.0 Å². The lowest BCUT2D eigenvalue weighted by Crippen LogP contribution is -2.16. The molecule has 32 heavy (non-hydrogen) atoms. The summed E-state index contributed by atoms with van der Waals surface area (Å²) in [7, 11) is 0. The number of nitrogens with zero attached hydrogens (tertiary/aromatic N) is 2. The van der Waals surface area contributed by atoms with Crippen molar-refractivity contribution in [2.24, 2.45) is 0 Å². The first-order valence-corrected chi connectivity index (χ1v) is 11.0. The topological polar surface area (TPSA) is 84.1 Å². The van der Waals surface area contributed by atoms with Crippen LogP contribution in [0, 0.1) is 39.0 Å². The molecule has 164 valence electrons. The maximum atomic E-state index is 12.9. The number of para-hydroxylation sites is 1. The number of carbonyl (C=O) groups excluding carboxylic acids is 2. The van der Waals surface area contributed by atoms with Gasteiger partial charge < -0.3 is 14.6 Å². The van der Waals surface area contributed by atoms with Crippen LogP contribution in [0.15, 0.2) is 42.0 Å². The van der Waals surface area contributed by atoms with Crippen molar-refractivity contribution in [2.45, 2.75) is 34.6 Å². The molecule has 0 unspecified atom stereocenters. The van der Waals surface area contributed by atoms with Crippen LogP contribution in [-0.2, 0) is 9.53 Å². The molecule has 0 aliphatic rings. The summed E-state index contributed by atoms with van der Waals surface area (Å²) in [6.45, 7) is 9.58. The van der Waals surface area contributed by atoms with Crippen molar-refractivity contribution in [3.05, 3.63) is 74.9 Å². The number of nitrogens with one attached hydrogen (secondary N) is 1. The van der Waals surface area contributed by atoms with Crippen molar-refractivity contribution in [1.82, 2.24) is 4.57 Å². The van der Waals surface area contributed by atoms with E-state index in [-0.39, 0.29) is 12.2 Å². The number of esters is 1. The fourth-order valence-electron chi connectivity index (χ4n) is 3.55. The molecule has 2 aromatic heterocycles. The van der Waals surface area contributed by atoms with Gasteiger partial charge in [0.05, 0.1) is 12.2 Å². The third-order valence-electron chi connectivity index (χ3n) is 5.24. The van der Waals surface area contributed by atoms with Gasteiger partial charge in [0.15, 0.2) is 0 Å². The molecule has 1 aromatic carbocycles. The van der Waals surface area contributed by atoms with E-state index in [1.54, 1.807) is 13.0 Å². The summed E-state index contributed by atoms with van der Waals surface area (Å²) < 4.78 is 7.21. The van der Waals surface area contributed by atoms with Gasteiger partial charge in [-0.25, -0.2) is 4.79 Å². The average molecular weight is 448 g/mol. The number of thiophene rings is 1. The third-order valence-corrected chi connectivity index (χ3v) is 6.36.